The average Bonchev–Trinajstić information content (AvgIpc) is 2.70. The first-order valence-electron chi connectivity index (χ1n) is 4.24. The SMILES string of the molecule is Nc1nnc(-c2nn(CC(F)(F)F)cc2Cl)s1. The van der Waals surface area contributed by atoms with Crippen molar-refractivity contribution in [1.82, 2.24) is 20.0 Å². The van der Waals surface area contributed by atoms with Crippen molar-refractivity contribution in [2.75, 3.05) is 5.73 Å². The van der Waals surface area contributed by atoms with Crippen LogP contribution >= 0.6 is 22.9 Å². The molecule has 2 aromatic heterocycles. The van der Waals surface area contributed by atoms with Gasteiger partial charge in [0.05, 0.1) is 5.02 Å². The Kier molecular flexibility index (Phi) is 2.96. The molecule has 2 rings (SSSR count). The monoisotopic (exact) mass is 283 g/mol. The molecule has 2 aromatic rings. The Labute approximate surface area is 102 Å². The first-order chi connectivity index (χ1) is 7.85. The van der Waals surface area contributed by atoms with Crippen LogP contribution in [0.3, 0.4) is 0 Å². The van der Waals surface area contributed by atoms with E-state index in [9.17, 15) is 13.2 Å². The highest BCUT2D eigenvalue weighted by Crippen LogP contribution is 2.30. The van der Waals surface area contributed by atoms with Gasteiger partial charge in [0.1, 0.15) is 12.2 Å². The Morgan fingerprint density at radius 3 is 2.65 bits per heavy atom. The number of nitrogens with two attached hydrogens (primary N) is 1. The summed E-state index contributed by atoms with van der Waals surface area (Å²) in [7, 11) is 0. The smallest absolute Gasteiger partial charge is 0.374 e. The van der Waals surface area contributed by atoms with Gasteiger partial charge in [0.2, 0.25) is 5.13 Å². The Bertz CT molecular complexity index is 534. The van der Waals surface area contributed by atoms with E-state index in [1.54, 1.807) is 0 Å². The molecule has 2 heterocycles. The molecule has 0 spiro atoms. The van der Waals surface area contributed by atoms with Gasteiger partial charge in [-0.1, -0.05) is 22.9 Å². The van der Waals surface area contributed by atoms with Gasteiger partial charge < -0.3 is 5.73 Å². The van der Waals surface area contributed by atoms with Gasteiger partial charge in [-0.2, -0.15) is 18.3 Å². The van der Waals surface area contributed by atoms with Crippen molar-refractivity contribution in [3.8, 4) is 10.7 Å². The number of rotatable bonds is 2. The van der Waals surface area contributed by atoms with E-state index in [-0.39, 0.29) is 20.9 Å². The van der Waals surface area contributed by atoms with E-state index in [2.05, 4.69) is 15.3 Å². The van der Waals surface area contributed by atoms with Crippen LogP contribution in [0.1, 0.15) is 0 Å². The molecule has 0 radical (unpaired) electrons. The molecule has 0 aliphatic heterocycles. The highest BCUT2D eigenvalue weighted by atomic mass is 35.5. The highest BCUT2D eigenvalue weighted by molar-refractivity contribution is 7.18. The standard InChI is InChI=1S/C7H5ClF3N5S/c8-3-1-16(2-7(9,10)11)15-4(3)5-13-14-6(12)17-5/h1H,2H2,(H2,12,14). The molecule has 0 amide bonds. The molecule has 0 saturated carbocycles. The van der Waals surface area contributed by atoms with Crippen molar-refractivity contribution in [2.24, 2.45) is 0 Å². The van der Waals surface area contributed by atoms with E-state index in [0.29, 0.717) is 4.68 Å². The second-order valence-electron chi connectivity index (χ2n) is 3.08. The van der Waals surface area contributed by atoms with Crippen LogP contribution in [-0.2, 0) is 6.54 Å². The van der Waals surface area contributed by atoms with Gasteiger partial charge in [-0.05, 0) is 0 Å². The summed E-state index contributed by atoms with van der Waals surface area (Å²) in [6.45, 7) is -1.21. The van der Waals surface area contributed by atoms with Gasteiger partial charge >= 0.3 is 6.18 Å². The summed E-state index contributed by atoms with van der Waals surface area (Å²) in [6, 6.07) is 0. The summed E-state index contributed by atoms with van der Waals surface area (Å²) in [4.78, 5) is 0. The van der Waals surface area contributed by atoms with Crippen molar-refractivity contribution in [3.05, 3.63) is 11.2 Å². The summed E-state index contributed by atoms with van der Waals surface area (Å²) in [5.74, 6) is 0. The third-order valence-corrected chi connectivity index (χ3v) is 2.74. The molecule has 2 N–H and O–H groups in total. The number of anilines is 1. The van der Waals surface area contributed by atoms with Crippen LogP contribution in [0.2, 0.25) is 5.02 Å². The number of hydrogen-bond donors (Lipinski definition) is 1. The van der Waals surface area contributed by atoms with Crippen LogP contribution in [0.15, 0.2) is 6.20 Å². The molecule has 0 aromatic carbocycles. The predicted octanol–water partition coefficient (Wildman–Crippen LogP) is 2.20. The van der Waals surface area contributed by atoms with Crippen molar-refractivity contribution in [2.45, 2.75) is 12.7 Å². The number of hydrogen-bond acceptors (Lipinski definition) is 5. The molecule has 0 bridgehead atoms. The zero-order valence-electron chi connectivity index (χ0n) is 8.07. The Hall–Kier alpha value is -1.35. The fourth-order valence-corrected chi connectivity index (χ4v) is 2.04. The van der Waals surface area contributed by atoms with E-state index in [4.69, 9.17) is 17.3 Å². The normalized spacial score (nSPS) is 12.0. The van der Waals surface area contributed by atoms with Crippen LogP contribution in [-0.4, -0.2) is 26.2 Å². The maximum atomic E-state index is 12.1. The second-order valence-corrected chi connectivity index (χ2v) is 4.50. The summed E-state index contributed by atoms with van der Waals surface area (Å²) < 4.78 is 37.1. The fourth-order valence-electron chi connectivity index (χ4n) is 1.14. The first kappa shape index (κ1) is 12.1. The quantitative estimate of drug-likeness (QED) is 0.917. The second kappa shape index (κ2) is 4.15. The molecule has 0 saturated heterocycles. The average molecular weight is 284 g/mol. The summed E-state index contributed by atoms with van der Waals surface area (Å²) in [5, 5.41) is 11.4. The summed E-state index contributed by atoms with van der Waals surface area (Å²) in [5.41, 5.74) is 5.51. The van der Waals surface area contributed by atoms with Crippen LogP contribution in [0, 0.1) is 0 Å². The maximum absolute atomic E-state index is 12.1. The van der Waals surface area contributed by atoms with Gasteiger partial charge in [0.25, 0.3) is 0 Å². The van der Waals surface area contributed by atoms with Gasteiger partial charge in [-0.3, -0.25) is 4.68 Å². The highest BCUT2D eigenvalue weighted by Gasteiger charge is 2.29. The van der Waals surface area contributed by atoms with E-state index in [1.807, 2.05) is 0 Å². The molecule has 0 atom stereocenters. The van der Waals surface area contributed by atoms with Gasteiger partial charge in [0.15, 0.2) is 5.01 Å². The van der Waals surface area contributed by atoms with E-state index in [1.165, 1.54) is 0 Å². The van der Waals surface area contributed by atoms with Gasteiger partial charge in [-0.15, -0.1) is 10.2 Å². The third-order valence-electron chi connectivity index (χ3n) is 1.70. The van der Waals surface area contributed by atoms with Gasteiger partial charge in [-0.25, -0.2) is 0 Å². The number of nitrogen functional groups attached to an aromatic ring is 1. The van der Waals surface area contributed by atoms with Crippen molar-refractivity contribution >= 4 is 28.1 Å². The van der Waals surface area contributed by atoms with Crippen molar-refractivity contribution in [1.29, 1.82) is 0 Å². The number of alkyl halides is 3. The lowest BCUT2D eigenvalue weighted by molar-refractivity contribution is -0.142. The van der Waals surface area contributed by atoms with E-state index in [0.717, 1.165) is 17.5 Å². The first-order valence-corrected chi connectivity index (χ1v) is 5.43. The minimum Gasteiger partial charge on any atom is -0.374 e. The van der Waals surface area contributed by atoms with Crippen LogP contribution in [0.25, 0.3) is 10.7 Å². The Balaban J connectivity index is 2.31. The Morgan fingerprint density at radius 2 is 2.12 bits per heavy atom. The van der Waals surface area contributed by atoms with Crippen LogP contribution in [0.5, 0.6) is 0 Å². The Morgan fingerprint density at radius 1 is 1.41 bits per heavy atom. The molecule has 17 heavy (non-hydrogen) atoms. The van der Waals surface area contributed by atoms with Crippen LogP contribution in [0.4, 0.5) is 18.3 Å². The lowest BCUT2D eigenvalue weighted by Gasteiger charge is -2.04. The molecular weight excluding hydrogens is 279 g/mol. The maximum Gasteiger partial charge on any atom is 0.408 e. The number of aromatic nitrogens is 4. The zero-order chi connectivity index (χ0) is 12.6. The largest absolute Gasteiger partial charge is 0.408 e. The lowest BCUT2D eigenvalue weighted by atomic mass is 10.5. The lowest BCUT2D eigenvalue weighted by Crippen LogP contribution is -2.17. The fraction of sp³-hybridized carbons (Fsp3) is 0.286. The molecule has 5 nitrogen and oxygen atoms in total. The third kappa shape index (κ3) is 2.86. The molecule has 0 fully saturated rings. The van der Waals surface area contributed by atoms with E-state index < -0.39 is 12.7 Å². The van der Waals surface area contributed by atoms with Crippen LogP contribution < -0.4 is 5.73 Å². The number of halogens is 4. The minimum absolute atomic E-state index is 0.0744. The minimum atomic E-state index is -4.35. The molecule has 0 aliphatic rings. The molecule has 92 valence electrons. The molecular formula is C7H5ClF3N5S. The van der Waals surface area contributed by atoms with E-state index >= 15 is 0 Å². The van der Waals surface area contributed by atoms with Crippen molar-refractivity contribution < 1.29 is 13.2 Å². The topological polar surface area (TPSA) is 69.6 Å². The zero-order valence-corrected chi connectivity index (χ0v) is 9.64. The van der Waals surface area contributed by atoms with Crippen molar-refractivity contribution in [3.63, 3.8) is 0 Å². The molecule has 10 heteroatoms. The summed E-state index contributed by atoms with van der Waals surface area (Å²) in [6.07, 6.45) is -3.27. The predicted molar refractivity (Wildman–Crippen MR) is 56.6 cm³/mol. The summed E-state index contributed by atoms with van der Waals surface area (Å²) >= 11 is 6.77. The molecule has 0 unspecified atom stereocenters. The van der Waals surface area contributed by atoms with Gasteiger partial charge in [0, 0.05) is 6.20 Å². The number of nitrogens with zero attached hydrogens (tertiary/aromatic N) is 4. The molecule has 0 aliphatic carbocycles.